The SMILES string of the molecule is CC(O)COn1c(=O)n(-c2ccc3c(c2)OCO3)c2ccc(CCc3ccccc3)c(N)c21. The quantitative estimate of drug-likeness (QED) is 0.423. The van der Waals surface area contributed by atoms with Crippen LogP contribution in [0.2, 0.25) is 0 Å². The molecule has 0 saturated heterocycles. The number of hydrogen-bond donors (Lipinski definition) is 2. The van der Waals surface area contributed by atoms with E-state index in [0.717, 1.165) is 12.0 Å². The molecule has 33 heavy (non-hydrogen) atoms. The smallest absolute Gasteiger partial charge is 0.366 e. The van der Waals surface area contributed by atoms with Gasteiger partial charge in [0.05, 0.1) is 23.0 Å². The molecule has 0 fully saturated rings. The average molecular weight is 447 g/mol. The molecule has 0 bridgehead atoms. The average Bonchev–Trinajstić information content (AvgIpc) is 3.39. The van der Waals surface area contributed by atoms with E-state index in [1.807, 2.05) is 30.3 Å². The number of aryl methyl sites for hydroxylation is 2. The Bertz CT molecular complexity index is 1360. The lowest BCUT2D eigenvalue weighted by molar-refractivity contribution is 0.0357. The summed E-state index contributed by atoms with van der Waals surface area (Å²) in [6, 6.07) is 19.3. The number of anilines is 1. The summed E-state index contributed by atoms with van der Waals surface area (Å²) >= 11 is 0. The second kappa shape index (κ2) is 8.55. The van der Waals surface area contributed by atoms with E-state index in [-0.39, 0.29) is 13.4 Å². The molecule has 3 N–H and O–H groups in total. The molecule has 0 amide bonds. The van der Waals surface area contributed by atoms with Crippen LogP contribution in [0, 0.1) is 0 Å². The summed E-state index contributed by atoms with van der Waals surface area (Å²) in [4.78, 5) is 19.1. The topological polar surface area (TPSA) is 101 Å². The standard InChI is InChI=1S/C25H25N3O5/c1-16(29)14-33-28-24-20(11-9-18(23(24)26)8-7-17-5-3-2-4-6-17)27(25(28)30)19-10-12-21-22(13-19)32-15-31-21/h2-6,9-13,16,29H,7-8,14-15,26H2,1H3. The van der Waals surface area contributed by atoms with Gasteiger partial charge in [-0.3, -0.25) is 4.57 Å². The first-order valence-corrected chi connectivity index (χ1v) is 10.8. The number of benzene rings is 3. The molecule has 170 valence electrons. The number of nitrogen functional groups attached to an aromatic ring is 1. The Balaban J connectivity index is 1.61. The summed E-state index contributed by atoms with van der Waals surface area (Å²) in [7, 11) is 0. The van der Waals surface area contributed by atoms with Gasteiger partial charge in [0.1, 0.15) is 12.1 Å². The summed E-state index contributed by atoms with van der Waals surface area (Å²) in [5, 5.41) is 9.73. The highest BCUT2D eigenvalue weighted by atomic mass is 16.7. The molecule has 1 aliphatic rings. The molecule has 8 nitrogen and oxygen atoms in total. The predicted octanol–water partition coefficient (Wildman–Crippen LogP) is 2.70. The van der Waals surface area contributed by atoms with E-state index in [4.69, 9.17) is 20.0 Å². The van der Waals surface area contributed by atoms with Crippen molar-refractivity contribution in [2.24, 2.45) is 0 Å². The Hall–Kier alpha value is -3.91. The van der Waals surface area contributed by atoms with Crippen LogP contribution in [-0.4, -0.2) is 33.9 Å². The van der Waals surface area contributed by atoms with Crippen LogP contribution in [-0.2, 0) is 12.8 Å². The van der Waals surface area contributed by atoms with Gasteiger partial charge in [0, 0.05) is 6.07 Å². The Labute approximate surface area is 190 Å². The molecule has 4 aromatic rings. The van der Waals surface area contributed by atoms with Crippen LogP contribution in [0.1, 0.15) is 18.1 Å². The molecule has 0 spiro atoms. The Morgan fingerprint density at radius 3 is 2.64 bits per heavy atom. The molecule has 0 saturated carbocycles. The minimum Gasteiger partial charge on any atom is -0.454 e. The number of ether oxygens (including phenoxy) is 2. The van der Waals surface area contributed by atoms with Gasteiger partial charge in [0.25, 0.3) is 0 Å². The third-order valence-corrected chi connectivity index (χ3v) is 5.68. The zero-order valence-corrected chi connectivity index (χ0v) is 18.2. The Morgan fingerprint density at radius 1 is 1.06 bits per heavy atom. The minimum absolute atomic E-state index is 0.0478. The van der Waals surface area contributed by atoms with Crippen LogP contribution in [0.15, 0.2) is 65.5 Å². The van der Waals surface area contributed by atoms with Gasteiger partial charge in [0.2, 0.25) is 6.79 Å². The van der Waals surface area contributed by atoms with Crippen LogP contribution < -0.4 is 25.7 Å². The van der Waals surface area contributed by atoms with Crippen molar-refractivity contribution in [2.45, 2.75) is 25.9 Å². The lowest BCUT2D eigenvalue weighted by Gasteiger charge is -2.11. The van der Waals surface area contributed by atoms with E-state index < -0.39 is 11.8 Å². The summed E-state index contributed by atoms with van der Waals surface area (Å²) in [6.07, 6.45) is 0.785. The molecule has 5 rings (SSSR count). The summed E-state index contributed by atoms with van der Waals surface area (Å²) in [5.41, 5.74) is 10.4. The number of rotatable bonds is 7. The number of nitrogens with zero attached hydrogens (tertiary/aromatic N) is 2. The first-order valence-electron chi connectivity index (χ1n) is 10.8. The highest BCUT2D eigenvalue weighted by Gasteiger charge is 2.22. The number of aromatic nitrogens is 2. The van der Waals surface area contributed by atoms with Gasteiger partial charge in [-0.25, -0.2) is 4.79 Å². The molecule has 2 heterocycles. The normalized spacial score (nSPS) is 13.4. The van der Waals surface area contributed by atoms with E-state index in [0.29, 0.717) is 40.3 Å². The maximum Gasteiger partial charge on any atom is 0.366 e. The van der Waals surface area contributed by atoms with Crippen molar-refractivity contribution in [3.8, 4) is 17.2 Å². The zero-order valence-electron chi connectivity index (χ0n) is 18.2. The maximum absolute atomic E-state index is 13.4. The van der Waals surface area contributed by atoms with E-state index in [9.17, 15) is 9.90 Å². The van der Waals surface area contributed by atoms with Gasteiger partial charge in [-0.15, -0.1) is 4.73 Å². The molecule has 0 aliphatic carbocycles. The summed E-state index contributed by atoms with van der Waals surface area (Å²) in [5.74, 6) is 1.20. The lowest BCUT2D eigenvalue weighted by Crippen LogP contribution is -2.32. The number of imidazole rings is 1. The molecule has 0 radical (unpaired) electrons. The van der Waals surface area contributed by atoms with Crippen molar-refractivity contribution in [1.82, 2.24) is 9.30 Å². The number of fused-ring (bicyclic) bond motifs is 2. The molecular formula is C25H25N3O5. The first kappa shape index (κ1) is 21.0. The van der Waals surface area contributed by atoms with Crippen molar-refractivity contribution >= 4 is 16.7 Å². The Kier molecular flexibility index (Phi) is 5.43. The summed E-state index contributed by atoms with van der Waals surface area (Å²) in [6.45, 7) is 1.69. The minimum atomic E-state index is -0.747. The fraction of sp³-hybridized carbons (Fsp3) is 0.240. The number of hydrogen-bond acceptors (Lipinski definition) is 6. The van der Waals surface area contributed by atoms with E-state index in [2.05, 4.69) is 12.1 Å². The van der Waals surface area contributed by atoms with Crippen LogP contribution >= 0.6 is 0 Å². The van der Waals surface area contributed by atoms with Gasteiger partial charge in [0.15, 0.2) is 11.5 Å². The maximum atomic E-state index is 13.4. The van der Waals surface area contributed by atoms with Gasteiger partial charge < -0.3 is 25.2 Å². The Morgan fingerprint density at radius 2 is 1.85 bits per heavy atom. The number of aliphatic hydroxyl groups is 1. The van der Waals surface area contributed by atoms with Gasteiger partial charge in [-0.1, -0.05) is 36.4 Å². The predicted molar refractivity (Wildman–Crippen MR) is 125 cm³/mol. The third-order valence-electron chi connectivity index (χ3n) is 5.68. The highest BCUT2D eigenvalue weighted by Crippen LogP contribution is 2.35. The molecular weight excluding hydrogens is 422 g/mol. The monoisotopic (exact) mass is 447 g/mol. The van der Waals surface area contributed by atoms with Crippen molar-refractivity contribution in [1.29, 1.82) is 0 Å². The third kappa shape index (κ3) is 3.89. The molecule has 8 heteroatoms. The van der Waals surface area contributed by atoms with Crippen molar-refractivity contribution in [3.05, 3.63) is 82.3 Å². The molecule has 1 unspecified atom stereocenters. The molecule has 3 aromatic carbocycles. The van der Waals surface area contributed by atoms with Crippen LogP contribution in [0.4, 0.5) is 5.69 Å². The second-order valence-corrected chi connectivity index (χ2v) is 8.09. The van der Waals surface area contributed by atoms with Gasteiger partial charge in [-0.2, -0.15) is 0 Å². The van der Waals surface area contributed by atoms with E-state index >= 15 is 0 Å². The number of nitrogens with two attached hydrogens (primary N) is 1. The summed E-state index contributed by atoms with van der Waals surface area (Å²) < 4.78 is 13.6. The van der Waals surface area contributed by atoms with Gasteiger partial charge >= 0.3 is 5.69 Å². The van der Waals surface area contributed by atoms with Crippen molar-refractivity contribution in [3.63, 3.8) is 0 Å². The van der Waals surface area contributed by atoms with E-state index in [1.165, 1.54) is 14.9 Å². The molecule has 1 aromatic heterocycles. The van der Waals surface area contributed by atoms with Gasteiger partial charge in [-0.05, 0) is 49.1 Å². The molecule has 1 aliphatic heterocycles. The van der Waals surface area contributed by atoms with Crippen molar-refractivity contribution in [2.75, 3.05) is 19.1 Å². The largest absolute Gasteiger partial charge is 0.454 e. The van der Waals surface area contributed by atoms with E-state index in [1.54, 1.807) is 25.1 Å². The van der Waals surface area contributed by atoms with Crippen LogP contribution in [0.3, 0.4) is 0 Å². The second-order valence-electron chi connectivity index (χ2n) is 8.09. The lowest BCUT2D eigenvalue weighted by atomic mass is 10.0. The van der Waals surface area contributed by atoms with Crippen LogP contribution in [0.25, 0.3) is 16.7 Å². The fourth-order valence-corrected chi connectivity index (χ4v) is 4.04. The molecule has 1 atom stereocenters. The first-order chi connectivity index (χ1) is 16.0. The van der Waals surface area contributed by atoms with Crippen LogP contribution in [0.5, 0.6) is 11.5 Å². The zero-order chi connectivity index (χ0) is 22.9. The highest BCUT2D eigenvalue weighted by molar-refractivity contribution is 5.90. The van der Waals surface area contributed by atoms with Crippen molar-refractivity contribution < 1.29 is 19.4 Å². The number of aliphatic hydroxyl groups excluding tert-OH is 1. The fourth-order valence-electron chi connectivity index (χ4n) is 4.04.